The van der Waals surface area contributed by atoms with Crippen molar-refractivity contribution in [2.24, 2.45) is 11.8 Å². The number of benzene rings is 1. The fourth-order valence-corrected chi connectivity index (χ4v) is 3.66. The third kappa shape index (κ3) is 5.11. The van der Waals surface area contributed by atoms with Crippen molar-refractivity contribution in [1.82, 2.24) is 5.32 Å². The number of esters is 1. The molecule has 25 heavy (non-hydrogen) atoms. The first-order valence-corrected chi connectivity index (χ1v) is 9.34. The number of amides is 1. The van der Waals surface area contributed by atoms with Crippen molar-refractivity contribution in [2.75, 3.05) is 19.8 Å². The van der Waals surface area contributed by atoms with Crippen molar-refractivity contribution in [3.63, 3.8) is 0 Å². The summed E-state index contributed by atoms with van der Waals surface area (Å²) in [5.74, 6) is 0.259. The van der Waals surface area contributed by atoms with Crippen LogP contribution in [0.5, 0.6) is 5.75 Å². The molecule has 1 N–H and O–H groups in total. The van der Waals surface area contributed by atoms with E-state index in [1.165, 1.54) is 32.1 Å². The Morgan fingerprint density at radius 3 is 2.84 bits per heavy atom. The zero-order chi connectivity index (χ0) is 17.6. The van der Waals surface area contributed by atoms with E-state index in [2.05, 4.69) is 5.32 Å². The Kier molecular flexibility index (Phi) is 6.19. The van der Waals surface area contributed by atoms with E-state index in [4.69, 9.17) is 21.1 Å². The molecule has 3 rings (SSSR count). The molecule has 5 nitrogen and oxygen atoms in total. The number of carbonyl (C=O) groups excluding carboxylic acids is 2. The maximum Gasteiger partial charge on any atom is 0.313 e. The summed E-state index contributed by atoms with van der Waals surface area (Å²) in [7, 11) is 0. The van der Waals surface area contributed by atoms with Gasteiger partial charge in [-0.3, -0.25) is 9.59 Å². The van der Waals surface area contributed by atoms with Crippen molar-refractivity contribution in [3.05, 3.63) is 28.8 Å². The van der Waals surface area contributed by atoms with Crippen molar-refractivity contribution in [3.8, 4) is 5.75 Å². The topological polar surface area (TPSA) is 64.6 Å². The number of hydrogen-bond acceptors (Lipinski definition) is 4. The molecule has 1 saturated carbocycles. The second kappa shape index (κ2) is 8.56. The summed E-state index contributed by atoms with van der Waals surface area (Å²) >= 11 is 5.98. The van der Waals surface area contributed by atoms with E-state index in [1.807, 2.05) is 0 Å². The Balaban J connectivity index is 1.41. The third-order valence-electron chi connectivity index (χ3n) is 4.92. The first-order chi connectivity index (χ1) is 12.1. The number of ether oxygens (including phenoxy) is 2. The van der Waals surface area contributed by atoms with Crippen molar-refractivity contribution >= 4 is 23.5 Å². The van der Waals surface area contributed by atoms with E-state index < -0.39 is 11.9 Å². The lowest BCUT2D eigenvalue weighted by Crippen LogP contribution is -2.36. The van der Waals surface area contributed by atoms with Gasteiger partial charge < -0.3 is 14.8 Å². The van der Waals surface area contributed by atoms with Gasteiger partial charge in [0.1, 0.15) is 12.4 Å². The lowest BCUT2D eigenvalue weighted by molar-refractivity contribution is -0.153. The van der Waals surface area contributed by atoms with Crippen LogP contribution in [0.1, 0.15) is 37.7 Å². The molecule has 1 amide bonds. The normalized spacial score (nSPS) is 20.3. The number of halogens is 1. The molecule has 1 aromatic carbocycles. The fraction of sp³-hybridized carbons (Fsp3) is 0.579. The summed E-state index contributed by atoms with van der Waals surface area (Å²) in [4.78, 5) is 24.1. The second-order valence-corrected chi connectivity index (χ2v) is 7.32. The molecule has 0 spiro atoms. The molecule has 0 unspecified atom stereocenters. The zero-order valence-electron chi connectivity index (χ0n) is 14.3. The van der Waals surface area contributed by atoms with E-state index in [0.29, 0.717) is 23.9 Å². The average Bonchev–Trinajstić information content (AvgIpc) is 2.64. The van der Waals surface area contributed by atoms with Gasteiger partial charge in [0, 0.05) is 11.6 Å². The van der Waals surface area contributed by atoms with Crippen molar-refractivity contribution in [2.45, 2.75) is 38.5 Å². The highest BCUT2D eigenvalue weighted by Crippen LogP contribution is 2.30. The summed E-state index contributed by atoms with van der Waals surface area (Å²) in [6.07, 6.45) is 6.62. The second-order valence-electron chi connectivity index (χ2n) is 6.88. The SMILES string of the molecule is O=C(COC(=O)[C@H]1COc2ccc(Cl)cc2C1)NCC1CCCCC1. The maximum absolute atomic E-state index is 12.2. The number of fused-ring (bicyclic) bond motifs is 1. The van der Waals surface area contributed by atoms with Crippen LogP contribution in [0.25, 0.3) is 0 Å². The van der Waals surface area contributed by atoms with Crippen LogP contribution in [0.4, 0.5) is 0 Å². The Hall–Kier alpha value is -1.75. The molecule has 1 atom stereocenters. The molecule has 2 aliphatic rings. The van der Waals surface area contributed by atoms with Gasteiger partial charge in [-0.1, -0.05) is 30.9 Å². The Morgan fingerprint density at radius 1 is 1.24 bits per heavy atom. The van der Waals surface area contributed by atoms with E-state index in [9.17, 15) is 9.59 Å². The van der Waals surface area contributed by atoms with Gasteiger partial charge in [0.2, 0.25) is 0 Å². The quantitative estimate of drug-likeness (QED) is 0.814. The number of rotatable bonds is 5. The lowest BCUT2D eigenvalue weighted by atomic mass is 9.89. The van der Waals surface area contributed by atoms with Gasteiger partial charge >= 0.3 is 5.97 Å². The third-order valence-corrected chi connectivity index (χ3v) is 5.16. The zero-order valence-corrected chi connectivity index (χ0v) is 15.0. The largest absolute Gasteiger partial charge is 0.492 e. The van der Waals surface area contributed by atoms with Gasteiger partial charge in [-0.25, -0.2) is 0 Å². The Morgan fingerprint density at radius 2 is 2.04 bits per heavy atom. The standard InChI is InChI=1S/C19H24ClNO4/c20-16-6-7-17-14(9-16)8-15(11-24-17)19(23)25-12-18(22)21-10-13-4-2-1-3-5-13/h6-7,9,13,15H,1-5,8,10-12H2,(H,21,22)/t15-/m1/s1. The first kappa shape index (κ1) is 18.1. The molecular formula is C19H24ClNO4. The van der Waals surface area contributed by atoms with Crippen LogP contribution >= 0.6 is 11.6 Å². The van der Waals surface area contributed by atoms with E-state index >= 15 is 0 Å². The van der Waals surface area contributed by atoms with Crippen LogP contribution in [0.3, 0.4) is 0 Å². The monoisotopic (exact) mass is 365 g/mol. The summed E-state index contributed by atoms with van der Waals surface area (Å²) in [5, 5.41) is 3.48. The smallest absolute Gasteiger partial charge is 0.313 e. The van der Waals surface area contributed by atoms with Crippen LogP contribution < -0.4 is 10.1 Å². The van der Waals surface area contributed by atoms with Crippen molar-refractivity contribution < 1.29 is 19.1 Å². The number of hydrogen-bond donors (Lipinski definition) is 1. The van der Waals surface area contributed by atoms with Gasteiger partial charge in [-0.05, 0) is 48.9 Å². The van der Waals surface area contributed by atoms with Gasteiger partial charge in [-0.2, -0.15) is 0 Å². The maximum atomic E-state index is 12.2. The molecule has 1 heterocycles. The predicted octanol–water partition coefficient (Wildman–Crippen LogP) is 3.13. The minimum Gasteiger partial charge on any atom is -0.492 e. The Bertz CT molecular complexity index is 628. The van der Waals surface area contributed by atoms with Gasteiger partial charge in [0.15, 0.2) is 6.61 Å². The molecule has 1 aliphatic carbocycles. The highest BCUT2D eigenvalue weighted by atomic mass is 35.5. The summed E-state index contributed by atoms with van der Waals surface area (Å²) in [5.41, 5.74) is 0.891. The predicted molar refractivity (Wildman–Crippen MR) is 94.7 cm³/mol. The van der Waals surface area contributed by atoms with E-state index in [1.54, 1.807) is 18.2 Å². The summed E-state index contributed by atoms with van der Waals surface area (Å²) in [6.45, 7) is 0.705. The lowest BCUT2D eigenvalue weighted by Gasteiger charge is -2.24. The molecular weight excluding hydrogens is 342 g/mol. The highest BCUT2D eigenvalue weighted by Gasteiger charge is 2.28. The molecule has 6 heteroatoms. The molecule has 1 aromatic rings. The number of carbonyl (C=O) groups is 2. The van der Waals surface area contributed by atoms with Crippen LogP contribution in [0.15, 0.2) is 18.2 Å². The molecule has 0 aromatic heterocycles. The van der Waals surface area contributed by atoms with Gasteiger partial charge in [0.05, 0.1) is 5.92 Å². The van der Waals surface area contributed by atoms with Gasteiger partial charge in [-0.15, -0.1) is 0 Å². The molecule has 0 saturated heterocycles. The molecule has 1 aliphatic heterocycles. The van der Waals surface area contributed by atoms with E-state index in [0.717, 1.165) is 11.3 Å². The van der Waals surface area contributed by atoms with E-state index in [-0.39, 0.29) is 19.1 Å². The summed E-state index contributed by atoms with van der Waals surface area (Å²) in [6, 6.07) is 5.36. The minimum atomic E-state index is -0.405. The molecule has 1 fully saturated rings. The van der Waals surface area contributed by atoms with Crippen molar-refractivity contribution in [1.29, 1.82) is 0 Å². The fourth-order valence-electron chi connectivity index (χ4n) is 3.47. The molecule has 136 valence electrons. The van der Waals surface area contributed by atoms with Crippen LogP contribution in [0.2, 0.25) is 5.02 Å². The molecule has 0 bridgehead atoms. The first-order valence-electron chi connectivity index (χ1n) is 8.96. The van der Waals surface area contributed by atoms with Gasteiger partial charge in [0.25, 0.3) is 5.91 Å². The molecule has 0 radical (unpaired) electrons. The average molecular weight is 366 g/mol. The van der Waals surface area contributed by atoms with Crippen LogP contribution in [0, 0.1) is 11.8 Å². The number of nitrogens with one attached hydrogen (secondary N) is 1. The summed E-state index contributed by atoms with van der Waals surface area (Å²) < 4.78 is 10.8. The minimum absolute atomic E-state index is 0.232. The Labute approximate surface area is 153 Å². The highest BCUT2D eigenvalue weighted by molar-refractivity contribution is 6.30. The van der Waals surface area contributed by atoms with Crippen LogP contribution in [-0.4, -0.2) is 31.6 Å². The van der Waals surface area contributed by atoms with Crippen LogP contribution in [-0.2, 0) is 20.7 Å².